The number of hydrogen-bond acceptors (Lipinski definition) is 5. The molecule has 0 aliphatic heterocycles. The Hall–Kier alpha value is -6.85. The zero-order valence-corrected chi connectivity index (χ0v) is 28.8. The number of pyridine rings is 2. The van der Waals surface area contributed by atoms with Crippen molar-refractivity contribution in [3.63, 3.8) is 0 Å². The van der Waals surface area contributed by atoms with Gasteiger partial charge in [-0.1, -0.05) is 146 Å². The van der Waals surface area contributed by atoms with Gasteiger partial charge in [-0.15, -0.1) is 0 Å². The molecule has 0 bridgehead atoms. The molecule has 3 heterocycles. The number of benzene rings is 6. The minimum absolute atomic E-state index is 0.631. The van der Waals surface area contributed by atoms with Crippen LogP contribution < -0.4 is 0 Å². The van der Waals surface area contributed by atoms with Gasteiger partial charge in [0.15, 0.2) is 17.5 Å². The first kappa shape index (κ1) is 31.2. The average molecular weight is 668 g/mol. The van der Waals surface area contributed by atoms with Crippen molar-refractivity contribution >= 4 is 21.8 Å². The largest absolute Gasteiger partial charge is 0.251 e. The fraction of sp³-hybridized carbons (Fsp3) is 0.0426. The fourth-order valence-corrected chi connectivity index (χ4v) is 6.81. The van der Waals surface area contributed by atoms with Crippen LogP contribution in [0.4, 0.5) is 0 Å². The molecule has 6 aromatic carbocycles. The maximum Gasteiger partial charge on any atom is 0.164 e. The smallest absolute Gasteiger partial charge is 0.164 e. The quantitative estimate of drug-likeness (QED) is 0.165. The second-order valence-electron chi connectivity index (χ2n) is 13.1. The van der Waals surface area contributed by atoms with Gasteiger partial charge in [-0.3, -0.25) is 9.97 Å². The van der Waals surface area contributed by atoms with Gasteiger partial charge in [0.05, 0.1) is 11.0 Å². The van der Waals surface area contributed by atoms with Crippen molar-refractivity contribution in [2.24, 2.45) is 0 Å². The molecule has 0 radical (unpaired) electrons. The molecule has 0 N–H and O–H groups in total. The molecule has 0 unspecified atom stereocenters. The number of aryl methyl sites for hydroxylation is 2. The van der Waals surface area contributed by atoms with Crippen LogP contribution in [0, 0.1) is 13.8 Å². The summed E-state index contributed by atoms with van der Waals surface area (Å²) >= 11 is 0. The van der Waals surface area contributed by atoms with Crippen molar-refractivity contribution in [1.29, 1.82) is 0 Å². The summed E-state index contributed by atoms with van der Waals surface area (Å²) in [5.74, 6) is 1.91. The zero-order chi connectivity index (χ0) is 35.0. The Kier molecular flexibility index (Phi) is 7.86. The van der Waals surface area contributed by atoms with Crippen molar-refractivity contribution in [2.45, 2.75) is 13.8 Å². The highest BCUT2D eigenvalue weighted by Crippen LogP contribution is 2.35. The molecule has 0 saturated carbocycles. The minimum Gasteiger partial charge on any atom is -0.251 e. The van der Waals surface area contributed by atoms with Crippen molar-refractivity contribution in [1.82, 2.24) is 24.9 Å². The molecular formula is C47H33N5. The SMILES string of the molecule is Cc1ccc2ccc3c(-c4cccc(-c5ccc(-c6nc(-c7ccccc7)nc(-c7ccc(-c8ccccc8)cc7)n6)cc5)c4)cc(C)nc3c2n1. The first-order valence-electron chi connectivity index (χ1n) is 17.4. The molecule has 0 amide bonds. The van der Waals surface area contributed by atoms with Gasteiger partial charge < -0.3 is 0 Å². The van der Waals surface area contributed by atoms with E-state index in [9.17, 15) is 0 Å². The Morgan fingerprint density at radius 3 is 1.40 bits per heavy atom. The Labute approximate surface area is 302 Å². The maximum absolute atomic E-state index is 4.99. The summed E-state index contributed by atoms with van der Waals surface area (Å²) in [7, 11) is 0. The van der Waals surface area contributed by atoms with E-state index in [4.69, 9.17) is 24.9 Å². The number of rotatable bonds is 6. The van der Waals surface area contributed by atoms with E-state index in [0.717, 1.165) is 77.7 Å². The van der Waals surface area contributed by atoms with Gasteiger partial charge in [0.1, 0.15) is 0 Å². The monoisotopic (exact) mass is 667 g/mol. The second-order valence-corrected chi connectivity index (χ2v) is 13.1. The Morgan fingerprint density at radius 2 is 0.769 bits per heavy atom. The normalized spacial score (nSPS) is 11.3. The Balaban J connectivity index is 1.08. The molecule has 0 atom stereocenters. The van der Waals surface area contributed by atoms with Crippen molar-refractivity contribution < 1.29 is 0 Å². The molecule has 9 rings (SSSR count). The van der Waals surface area contributed by atoms with E-state index < -0.39 is 0 Å². The number of fused-ring (bicyclic) bond motifs is 3. The van der Waals surface area contributed by atoms with Crippen LogP contribution in [0.25, 0.3) is 89.4 Å². The highest BCUT2D eigenvalue weighted by molar-refractivity contribution is 6.08. The van der Waals surface area contributed by atoms with Gasteiger partial charge in [0.25, 0.3) is 0 Å². The van der Waals surface area contributed by atoms with E-state index >= 15 is 0 Å². The molecule has 0 saturated heterocycles. The molecule has 9 aromatic rings. The summed E-state index contributed by atoms with van der Waals surface area (Å²) in [5.41, 5.74) is 13.5. The lowest BCUT2D eigenvalue weighted by Crippen LogP contribution is -2.00. The first-order chi connectivity index (χ1) is 25.6. The van der Waals surface area contributed by atoms with Crippen molar-refractivity contribution in [2.75, 3.05) is 0 Å². The predicted octanol–water partition coefficient (Wildman–Crippen LogP) is 11.6. The number of aromatic nitrogens is 5. The molecule has 3 aromatic heterocycles. The van der Waals surface area contributed by atoms with Crippen LogP contribution in [0.2, 0.25) is 0 Å². The molecular weight excluding hydrogens is 635 g/mol. The van der Waals surface area contributed by atoms with Crippen molar-refractivity contribution in [3.05, 3.63) is 175 Å². The van der Waals surface area contributed by atoms with Crippen LogP contribution >= 0.6 is 0 Å². The third kappa shape index (κ3) is 5.99. The Bertz CT molecular complexity index is 2720. The van der Waals surface area contributed by atoms with Crippen LogP contribution in [-0.4, -0.2) is 24.9 Å². The van der Waals surface area contributed by atoms with Gasteiger partial charge in [0.2, 0.25) is 0 Å². The standard InChI is InChI=1S/C47H33N5/c1-30-16-17-35-26-27-41-42(28-31(2)49-44(41)43(35)48-30)40-15-9-14-39(29-40)34-20-24-38(25-21-34)47-51-45(36-12-7-4-8-13-36)50-46(52-47)37-22-18-33(19-23-37)32-10-5-3-6-11-32/h3-29H,1-2H3. The molecule has 246 valence electrons. The summed E-state index contributed by atoms with van der Waals surface area (Å²) < 4.78 is 0. The van der Waals surface area contributed by atoms with Gasteiger partial charge in [-0.05, 0) is 65.4 Å². The molecule has 52 heavy (non-hydrogen) atoms. The summed E-state index contributed by atoms with van der Waals surface area (Å²) in [4.78, 5) is 24.7. The molecule has 0 spiro atoms. The lowest BCUT2D eigenvalue weighted by Gasteiger charge is -2.12. The van der Waals surface area contributed by atoms with E-state index in [1.54, 1.807) is 0 Å². The van der Waals surface area contributed by atoms with Crippen LogP contribution in [0.3, 0.4) is 0 Å². The van der Waals surface area contributed by atoms with Crippen LogP contribution in [0.1, 0.15) is 11.4 Å². The molecule has 0 fully saturated rings. The maximum atomic E-state index is 4.99. The topological polar surface area (TPSA) is 64.5 Å². The third-order valence-electron chi connectivity index (χ3n) is 9.47. The number of hydrogen-bond donors (Lipinski definition) is 0. The molecule has 0 aliphatic rings. The van der Waals surface area contributed by atoms with Gasteiger partial charge in [0, 0.05) is 38.9 Å². The summed E-state index contributed by atoms with van der Waals surface area (Å²) in [6.07, 6.45) is 0. The van der Waals surface area contributed by atoms with Gasteiger partial charge >= 0.3 is 0 Å². The number of nitrogens with zero attached hydrogens (tertiary/aromatic N) is 5. The van der Waals surface area contributed by atoms with E-state index in [0.29, 0.717) is 17.5 Å². The average Bonchev–Trinajstić information content (AvgIpc) is 3.21. The van der Waals surface area contributed by atoms with E-state index in [1.165, 1.54) is 5.56 Å². The van der Waals surface area contributed by atoms with Gasteiger partial charge in [-0.25, -0.2) is 15.0 Å². The van der Waals surface area contributed by atoms with Crippen LogP contribution in [-0.2, 0) is 0 Å². The lowest BCUT2D eigenvalue weighted by atomic mass is 9.95. The van der Waals surface area contributed by atoms with E-state index in [2.05, 4.69) is 128 Å². The first-order valence-corrected chi connectivity index (χ1v) is 17.4. The van der Waals surface area contributed by atoms with Gasteiger partial charge in [-0.2, -0.15) is 0 Å². The Morgan fingerprint density at radius 1 is 0.308 bits per heavy atom. The summed E-state index contributed by atoms with van der Waals surface area (Å²) in [6.45, 7) is 4.08. The van der Waals surface area contributed by atoms with Crippen LogP contribution in [0.15, 0.2) is 164 Å². The molecule has 0 aliphatic carbocycles. The van der Waals surface area contributed by atoms with E-state index in [1.807, 2.05) is 49.4 Å². The minimum atomic E-state index is 0.631. The summed E-state index contributed by atoms with van der Waals surface area (Å²) in [6, 6.07) is 56.7. The highest BCUT2D eigenvalue weighted by atomic mass is 15.0. The fourth-order valence-electron chi connectivity index (χ4n) is 6.81. The predicted molar refractivity (Wildman–Crippen MR) is 213 cm³/mol. The van der Waals surface area contributed by atoms with E-state index in [-0.39, 0.29) is 0 Å². The lowest BCUT2D eigenvalue weighted by molar-refractivity contribution is 1.07. The zero-order valence-electron chi connectivity index (χ0n) is 28.8. The van der Waals surface area contributed by atoms with Crippen molar-refractivity contribution in [3.8, 4) is 67.5 Å². The second kappa shape index (κ2) is 13.1. The molecule has 5 heteroatoms. The highest BCUT2D eigenvalue weighted by Gasteiger charge is 2.15. The van der Waals surface area contributed by atoms with Crippen LogP contribution in [0.5, 0.6) is 0 Å². The molecule has 5 nitrogen and oxygen atoms in total. The summed E-state index contributed by atoms with van der Waals surface area (Å²) in [5, 5.41) is 2.19. The third-order valence-corrected chi connectivity index (χ3v) is 9.47.